The van der Waals surface area contributed by atoms with E-state index in [9.17, 15) is 4.79 Å². The van der Waals surface area contributed by atoms with Crippen LogP contribution in [0.1, 0.15) is 54.4 Å². The first-order valence-corrected chi connectivity index (χ1v) is 10.4. The summed E-state index contributed by atoms with van der Waals surface area (Å²) in [6, 6.07) is 8.97. The van der Waals surface area contributed by atoms with Gasteiger partial charge in [-0.2, -0.15) is 5.26 Å². The van der Waals surface area contributed by atoms with Gasteiger partial charge in [-0.1, -0.05) is 12.6 Å². The van der Waals surface area contributed by atoms with Crippen LogP contribution in [0.25, 0.3) is 0 Å². The fourth-order valence-corrected chi connectivity index (χ4v) is 4.85. The number of hydrogen-bond acceptors (Lipinski definition) is 5. The summed E-state index contributed by atoms with van der Waals surface area (Å²) in [4.78, 5) is 21.6. The van der Waals surface area contributed by atoms with Gasteiger partial charge in [-0.25, -0.2) is 0 Å². The molecular weight excluding hydrogens is 374 g/mol. The van der Waals surface area contributed by atoms with Crippen molar-refractivity contribution in [3.8, 4) is 6.07 Å². The molecule has 4 rings (SSSR count). The second kappa shape index (κ2) is 9.08. The van der Waals surface area contributed by atoms with E-state index in [-0.39, 0.29) is 17.0 Å². The third kappa shape index (κ3) is 4.51. The molecule has 1 aromatic carbocycles. The Bertz CT molecular complexity index is 928. The number of benzene rings is 1. The van der Waals surface area contributed by atoms with Crippen LogP contribution < -0.4 is 10.6 Å². The number of allylic oxidation sites excluding steroid dienone is 1. The zero-order valence-corrected chi connectivity index (χ0v) is 17.4. The minimum absolute atomic E-state index is 0.0507. The van der Waals surface area contributed by atoms with Crippen molar-refractivity contribution in [3.63, 3.8) is 0 Å². The molecule has 2 unspecified atom stereocenters. The molecule has 1 aromatic rings. The fourth-order valence-electron chi connectivity index (χ4n) is 4.85. The van der Waals surface area contributed by atoms with Crippen LogP contribution in [0.15, 0.2) is 59.7 Å². The first-order valence-electron chi connectivity index (χ1n) is 10.4. The molecule has 3 aliphatic rings. The van der Waals surface area contributed by atoms with Gasteiger partial charge in [0.15, 0.2) is 0 Å². The van der Waals surface area contributed by atoms with Crippen molar-refractivity contribution in [3.05, 3.63) is 60.8 Å². The normalized spacial score (nSPS) is 26.4. The topological polar surface area (TPSA) is 89.6 Å². The van der Waals surface area contributed by atoms with Gasteiger partial charge in [-0.05, 0) is 56.7 Å². The summed E-state index contributed by atoms with van der Waals surface area (Å²) >= 11 is 0. The van der Waals surface area contributed by atoms with Crippen molar-refractivity contribution >= 4 is 17.8 Å². The number of carbonyl (C=O) groups is 1. The van der Waals surface area contributed by atoms with Crippen LogP contribution >= 0.6 is 0 Å². The maximum absolute atomic E-state index is 12.8. The average Bonchev–Trinajstić information content (AvgIpc) is 3.04. The average molecular weight is 404 g/mol. The molecule has 0 radical (unpaired) electrons. The van der Waals surface area contributed by atoms with Gasteiger partial charge < -0.3 is 10.6 Å². The highest BCUT2D eigenvalue weighted by Gasteiger charge is 2.52. The highest BCUT2D eigenvalue weighted by Crippen LogP contribution is 2.48. The maximum atomic E-state index is 12.8. The molecule has 2 aliphatic carbocycles. The summed E-state index contributed by atoms with van der Waals surface area (Å²) in [5.41, 5.74) is 2.46. The SMILES string of the molecule is C=C.C=C(NC12CCCC(NC(=O)c3cccc(C#N)c3)(CC1)C2)C1=NCCN=C1. The Morgan fingerprint density at radius 3 is 2.50 bits per heavy atom. The van der Waals surface area contributed by atoms with E-state index in [1.54, 1.807) is 30.5 Å². The standard InChI is InChI=1S/C22H25N5O.C2H4/c1-16(19-14-24-10-11-25-19)26-21-6-3-7-22(15-21,9-8-21)27-20(28)18-5-2-4-17(12-18)13-23;1-2/h2,4-5,12,14,26H,1,3,6-11,15H2,(H,27,28);1-2H2. The number of nitrogens with zero attached hydrogens (tertiary/aromatic N) is 3. The molecule has 30 heavy (non-hydrogen) atoms. The van der Waals surface area contributed by atoms with E-state index in [2.05, 4.69) is 46.4 Å². The molecule has 0 aromatic heterocycles. The number of fused-ring (bicyclic) bond motifs is 2. The van der Waals surface area contributed by atoms with Crippen molar-refractivity contribution in [1.82, 2.24) is 10.6 Å². The lowest BCUT2D eigenvalue weighted by Gasteiger charge is -2.41. The van der Waals surface area contributed by atoms with E-state index >= 15 is 0 Å². The zero-order chi connectivity index (χ0) is 21.6. The number of carbonyl (C=O) groups excluding carboxylic acids is 1. The Morgan fingerprint density at radius 2 is 1.83 bits per heavy atom. The first-order chi connectivity index (χ1) is 14.5. The van der Waals surface area contributed by atoms with Crippen molar-refractivity contribution in [2.24, 2.45) is 9.98 Å². The Balaban J connectivity index is 0.00000124. The largest absolute Gasteiger partial charge is 0.378 e. The maximum Gasteiger partial charge on any atom is 0.251 e. The van der Waals surface area contributed by atoms with Gasteiger partial charge in [0.2, 0.25) is 0 Å². The van der Waals surface area contributed by atoms with Crippen LogP contribution in [-0.4, -0.2) is 42.0 Å². The zero-order valence-electron chi connectivity index (χ0n) is 17.4. The van der Waals surface area contributed by atoms with Gasteiger partial charge in [0.25, 0.3) is 5.91 Å². The Labute approximate surface area is 178 Å². The number of hydrogen-bond donors (Lipinski definition) is 2. The number of rotatable bonds is 5. The molecule has 2 N–H and O–H groups in total. The van der Waals surface area contributed by atoms with Gasteiger partial charge in [-0.15, -0.1) is 13.2 Å². The van der Waals surface area contributed by atoms with Crippen molar-refractivity contribution in [1.29, 1.82) is 5.26 Å². The molecule has 2 atom stereocenters. The van der Waals surface area contributed by atoms with Crippen LogP contribution in [0.5, 0.6) is 0 Å². The summed E-state index contributed by atoms with van der Waals surface area (Å²) in [5, 5.41) is 16.0. The lowest BCUT2D eigenvalue weighted by atomic mass is 9.78. The van der Waals surface area contributed by atoms with E-state index in [0.717, 1.165) is 56.5 Å². The third-order valence-electron chi connectivity index (χ3n) is 6.15. The van der Waals surface area contributed by atoms with E-state index in [4.69, 9.17) is 5.26 Å². The summed E-state index contributed by atoms with van der Waals surface area (Å²) in [6.07, 6.45) is 7.72. The molecule has 6 heteroatoms. The van der Waals surface area contributed by atoms with Crippen molar-refractivity contribution < 1.29 is 4.79 Å². The van der Waals surface area contributed by atoms with Crippen LogP contribution in [0.3, 0.4) is 0 Å². The summed E-state index contributed by atoms with van der Waals surface area (Å²) in [7, 11) is 0. The van der Waals surface area contributed by atoms with Crippen molar-refractivity contribution in [2.75, 3.05) is 13.1 Å². The van der Waals surface area contributed by atoms with Gasteiger partial charge >= 0.3 is 0 Å². The third-order valence-corrected chi connectivity index (χ3v) is 6.15. The number of aliphatic imine (C=N–C) groups is 2. The summed E-state index contributed by atoms with van der Waals surface area (Å²) < 4.78 is 0. The van der Waals surface area contributed by atoms with Gasteiger partial charge in [0.1, 0.15) is 0 Å². The molecule has 156 valence electrons. The highest BCUT2D eigenvalue weighted by molar-refractivity contribution is 6.38. The highest BCUT2D eigenvalue weighted by atomic mass is 16.1. The van der Waals surface area contributed by atoms with E-state index in [0.29, 0.717) is 17.7 Å². The van der Waals surface area contributed by atoms with Gasteiger partial charge in [0.05, 0.1) is 36.1 Å². The predicted molar refractivity (Wildman–Crippen MR) is 121 cm³/mol. The molecule has 2 fully saturated rings. The number of amides is 1. The molecular formula is C24H29N5O. The van der Waals surface area contributed by atoms with Crippen molar-refractivity contribution in [2.45, 2.75) is 49.6 Å². The quantitative estimate of drug-likeness (QED) is 0.737. The smallest absolute Gasteiger partial charge is 0.251 e. The Morgan fingerprint density at radius 1 is 1.10 bits per heavy atom. The van der Waals surface area contributed by atoms with E-state index < -0.39 is 0 Å². The minimum atomic E-state index is -0.201. The molecule has 1 aliphatic heterocycles. The summed E-state index contributed by atoms with van der Waals surface area (Å²) in [6.45, 7) is 11.6. The van der Waals surface area contributed by atoms with E-state index in [1.165, 1.54) is 0 Å². The molecule has 6 nitrogen and oxygen atoms in total. The molecule has 0 saturated heterocycles. The molecule has 2 saturated carbocycles. The fraction of sp³-hybridized carbons (Fsp3) is 0.417. The van der Waals surface area contributed by atoms with Gasteiger partial charge in [-0.3, -0.25) is 14.8 Å². The molecule has 0 spiro atoms. The predicted octanol–water partition coefficient (Wildman–Crippen LogP) is 3.56. The molecule has 1 heterocycles. The van der Waals surface area contributed by atoms with Crippen LogP contribution in [-0.2, 0) is 0 Å². The second-order valence-corrected chi connectivity index (χ2v) is 8.14. The van der Waals surface area contributed by atoms with Crippen LogP contribution in [0, 0.1) is 11.3 Å². The first kappa shape index (κ1) is 21.5. The lowest BCUT2D eigenvalue weighted by molar-refractivity contribution is 0.0872. The second-order valence-electron chi connectivity index (χ2n) is 8.14. The van der Waals surface area contributed by atoms with E-state index in [1.807, 2.05) is 0 Å². The number of nitrogens with one attached hydrogen (secondary N) is 2. The number of nitriles is 1. The molecule has 1 amide bonds. The lowest BCUT2D eigenvalue weighted by Crippen LogP contribution is -2.54. The monoisotopic (exact) mass is 403 g/mol. The minimum Gasteiger partial charge on any atom is -0.378 e. The Kier molecular flexibility index (Phi) is 6.51. The summed E-state index contributed by atoms with van der Waals surface area (Å²) in [5.74, 6) is -0.0996. The van der Waals surface area contributed by atoms with Crippen LogP contribution in [0.2, 0.25) is 0 Å². The Hall–Kier alpha value is -3.20. The van der Waals surface area contributed by atoms with Crippen LogP contribution in [0.4, 0.5) is 0 Å². The van der Waals surface area contributed by atoms with Gasteiger partial charge in [0, 0.05) is 22.9 Å². The molecule has 2 bridgehead atoms.